The topological polar surface area (TPSA) is 12.0 Å². The van der Waals surface area contributed by atoms with Gasteiger partial charge >= 0.3 is 0 Å². The van der Waals surface area contributed by atoms with Crippen molar-refractivity contribution < 1.29 is 4.39 Å². The van der Waals surface area contributed by atoms with Gasteiger partial charge in [-0.1, -0.05) is 18.2 Å². The highest BCUT2D eigenvalue weighted by Crippen LogP contribution is 2.32. The van der Waals surface area contributed by atoms with E-state index >= 15 is 0 Å². The van der Waals surface area contributed by atoms with Crippen molar-refractivity contribution in [3.05, 3.63) is 55.9 Å². The fourth-order valence-corrected chi connectivity index (χ4v) is 3.38. The molecule has 0 radical (unpaired) electrons. The first-order chi connectivity index (χ1) is 8.13. The van der Waals surface area contributed by atoms with Gasteiger partial charge in [-0.2, -0.15) is 0 Å². The van der Waals surface area contributed by atoms with Gasteiger partial charge in [0.2, 0.25) is 0 Å². The summed E-state index contributed by atoms with van der Waals surface area (Å²) in [5.74, 6) is -0.128. The molecule has 1 nitrogen and oxygen atoms in total. The second-order valence-electron chi connectivity index (χ2n) is 3.84. The molecule has 1 N–H and O–H groups in total. The lowest BCUT2D eigenvalue weighted by molar-refractivity contribution is 0.572. The highest BCUT2D eigenvalue weighted by molar-refractivity contribution is 9.11. The van der Waals surface area contributed by atoms with E-state index in [1.54, 1.807) is 24.3 Å². The van der Waals surface area contributed by atoms with E-state index in [0.29, 0.717) is 11.1 Å². The van der Waals surface area contributed by atoms with Crippen molar-refractivity contribution in [2.45, 2.75) is 13.0 Å². The van der Waals surface area contributed by atoms with E-state index in [1.807, 2.05) is 31.3 Å². The number of thiophene rings is 1. The average Bonchev–Trinajstić information content (AvgIpc) is 2.72. The zero-order valence-corrected chi connectivity index (χ0v) is 12.0. The molecular weight excluding hydrogens is 301 g/mol. The lowest BCUT2D eigenvalue weighted by Crippen LogP contribution is -2.18. The van der Waals surface area contributed by atoms with Gasteiger partial charge in [0.05, 0.1) is 9.83 Å². The quantitative estimate of drug-likeness (QED) is 0.892. The summed E-state index contributed by atoms with van der Waals surface area (Å²) in [5.41, 5.74) is 1.38. The molecule has 2 aromatic rings. The Morgan fingerprint density at radius 3 is 2.65 bits per heavy atom. The molecule has 1 atom stereocenters. The van der Waals surface area contributed by atoms with Crippen LogP contribution in [-0.4, -0.2) is 7.05 Å². The van der Waals surface area contributed by atoms with Gasteiger partial charge in [0.15, 0.2) is 0 Å². The summed E-state index contributed by atoms with van der Waals surface area (Å²) in [5, 5.41) is 3.17. The predicted molar refractivity (Wildman–Crippen MR) is 74.1 cm³/mol. The number of benzene rings is 1. The molecule has 0 bridgehead atoms. The molecule has 1 heterocycles. The summed E-state index contributed by atoms with van der Waals surface area (Å²) in [4.78, 5) is 1.10. The summed E-state index contributed by atoms with van der Waals surface area (Å²) >= 11 is 5.05. The molecule has 90 valence electrons. The second kappa shape index (κ2) is 5.29. The van der Waals surface area contributed by atoms with Crippen LogP contribution in [0, 0.1) is 12.7 Å². The highest BCUT2D eigenvalue weighted by Gasteiger charge is 2.18. The maximum Gasteiger partial charge on any atom is 0.131 e. The van der Waals surface area contributed by atoms with E-state index in [-0.39, 0.29) is 11.9 Å². The molecule has 17 heavy (non-hydrogen) atoms. The highest BCUT2D eigenvalue weighted by atomic mass is 79.9. The summed E-state index contributed by atoms with van der Waals surface area (Å²) in [6.07, 6.45) is 0. The maximum atomic E-state index is 14.1. The first kappa shape index (κ1) is 12.7. The number of nitrogens with one attached hydrogen (secondary N) is 1. The Morgan fingerprint density at radius 1 is 1.29 bits per heavy atom. The van der Waals surface area contributed by atoms with Gasteiger partial charge in [-0.05, 0) is 47.6 Å². The van der Waals surface area contributed by atoms with E-state index in [0.717, 1.165) is 8.66 Å². The smallest absolute Gasteiger partial charge is 0.131 e. The fraction of sp³-hybridized carbons (Fsp3) is 0.231. The van der Waals surface area contributed by atoms with E-state index in [1.165, 1.54) is 0 Å². The van der Waals surface area contributed by atoms with Crippen LogP contribution < -0.4 is 5.32 Å². The third-order valence-electron chi connectivity index (χ3n) is 2.70. The zero-order chi connectivity index (χ0) is 12.4. The third-order valence-corrected chi connectivity index (χ3v) is 4.39. The van der Waals surface area contributed by atoms with Crippen LogP contribution in [0.15, 0.2) is 34.1 Å². The molecule has 0 amide bonds. The zero-order valence-electron chi connectivity index (χ0n) is 9.63. The van der Waals surface area contributed by atoms with Crippen LogP contribution in [0.4, 0.5) is 4.39 Å². The van der Waals surface area contributed by atoms with Crippen molar-refractivity contribution >= 4 is 27.3 Å². The number of halogens is 2. The lowest BCUT2D eigenvalue weighted by Gasteiger charge is -2.16. The molecule has 1 unspecified atom stereocenters. The van der Waals surface area contributed by atoms with Crippen molar-refractivity contribution in [1.29, 1.82) is 0 Å². The summed E-state index contributed by atoms with van der Waals surface area (Å²) in [6, 6.07) is 9.41. The molecular formula is C13H13BrFNS. The van der Waals surface area contributed by atoms with Gasteiger partial charge in [0.1, 0.15) is 5.82 Å². The van der Waals surface area contributed by atoms with Crippen molar-refractivity contribution in [2.24, 2.45) is 0 Å². The number of rotatable bonds is 3. The van der Waals surface area contributed by atoms with Crippen LogP contribution in [0.3, 0.4) is 0 Å². The van der Waals surface area contributed by atoms with Crippen molar-refractivity contribution in [2.75, 3.05) is 7.05 Å². The summed E-state index contributed by atoms with van der Waals surface area (Å²) in [7, 11) is 1.85. The SMILES string of the molecule is CNC(c1ccc(Br)s1)c1cccc(C)c1F. The molecule has 0 aliphatic rings. The molecule has 4 heteroatoms. The Kier molecular flexibility index (Phi) is 3.97. The lowest BCUT2D eigenvalue weighted by atomic mass is 10.0. The van der Waals surface area contributed by atoms with Gasteiger partial charge in [-0.3, -0.25) is 0 Å². The molecule has 0 fully saturated rings. The number of hydrogen-bond acceptors (Lipinski definition) is 2. The molecule has 0 saturated carbocycles. The Balaban J connectivity index is 2.45. The molecule has 0 aliphatic carbocycles. The van der Waals surface area contributed by atoms with Crippen LogP contribution in [0.1, 0.15) is 22.0 Å². The molecule has 1 aromatic carbocycles. The van der Waals surface area contributed by atoms with Crippen LogP contribution >= 0.6 is 27.3 Å². The summed E-state index contributed by atoms with van der Waals surface area (Å²) in [6.45, 7) is 1.79. The molecule has 2 rings (SSSR count). The second-order valence-corrected chi connectivity index (χ2v) is 6.34. The predicted octanol–water partition coefficient (Wildman–Crippen LogP) is 4.27. The van der Waals surface area contributed by atoms with Crippen molar-refractivity contribution in [3.63, 3.8) is 0 Å². The van der Waals surface area contributed by atoms with Crippen molar-refractivity contribution in [1.82, 2.24) is 5.32 Å². The monoisotopic (exact) mass is 313 g/mol. The van der Waals surface area contributed by atoms with Gasteiger partial charge in [0, 0.05) is 10.4 Å². The van der Waals surface area contributed by atoms with Crippen LogP contribution in [-0.2, 0) is 0 Å². The third kappa shape index (κ3) is 2.59. The minimum Gasteiger partial charge on any atom is -0.309 e. The molecule has 1 aromatic heterocycles. The number of hydrogen-bond donors (Lipinski definition) is 1. The Bertz CT molecular complexity index is 524. The average molecular weight is 314 g/mol. The van der Waals surface area contributed by atoms with Crippen LogP contribution in [0.2, 0.25) is 0 Å². The van der Waals surface area contributed by atoms with Crippen molar-refractivity contribution in [3.8, 4) is 0 Å². The minimum absolute atomic E-state index is 0.0915. The molecule has 0 saturated heterocycles. The van der Waals surface area contributed by atoms with Gasteiger partial charge < -0.3 is 5.32 Å². The fourth-order valence-electron chi connectivity index (χ4n) is 1.83. The largest absolute Gasteiger partial charge is 0.309 e. The first-order valence-electron chi connectivity index (χ1n) is 5.31. The molecule has 0 aliphatic heterocycles. The summed E-state index contributed by atoms with van der Waals surface area (Å²) < 4.78 is 15.1. The molecule has 0 spiro atoms. The van der Waals surface area contributed by atoms with E-state index in [9.17, 15) is 4.39 Å². The van der Waals surface area contributed by atoms with Gasteiger partial charge in [0.25, 0.3) is 0 Å². The van der Waals surface area contributed by atoms with Gasteiger partial charge in [-0.25, -0.2) is 4.39 Å². The van der Waals surface area contributed by atoms with E-state index in [4.69, 9.17) is 0 Å². The standard InChI is InChI=1S/C13H13BrFNS/c1-8-4-3-5-9(12(8)15)13(16-2)10-6-7-11(14)17-10/h3-7,13,16H,1-2H3. The minimum atomic E-state index is -0.128. The maximum absolute atomic E-state index is 14.1. The Labute approximate surface area is 113 Å². The van der Waals surface area contributed by atoms with E-state index in [2.05, 4.69) is 21.2 Å². The Morgan fingerprint density at radius 2 is 2.06 bits per heavy atom. The van der Waals surface area contributed by atoms with Gasteiger partial charge in [-0.15, -0.1) is 11.3 Å². The normalized spacial score (nSPS) is 12.7. The van der Waals surface area contributed by atoms with Crippen LogP contribution in [0.25, 0.3) is 0 Å². The van der Waals surface area contributed by atoms with E-state index < -0.39 is 0 Å². The van der Waals surface area contributed by atoms with Crippen LogP contribution in [0.5, 0.6) is 0 Å². The first-order valence-corrected chi connectivity index (χ1v) is 6.92. The number of aryl methyl sites for hydroxylation is 1. The Hall–Kier alpha value is -0.710.